The molecule has 2 rings (SSSR count). The third kappa shape index (κ3) is 2.34. The molecule has 3 heteroatoms. The molecule has 82 valence electrons. The summed E-state index contributed by atoms with van der Waals surface area (Å²) in [4.78, 5) is 0. The van der Waals surface area contributed by atoms with Crippen molar-refractivity contribution in [3.05, 3.63) is 28.2 Å². The van der Waals surface area contributed by atoms with Crippen LogP contribution in [0, 0.1) is 5.92 Å². The SMILES string of the molecule is COc1ccc(Br)c(CC2CCC2N)c1. The van der Waals surface area contributed by atoms with Gasteiger partial charge in [-0.15, -0.1) is 0 Å². The summed E-state index contributed by atoms with van der Waals surface area (Å²) in [6.07, 6.45) is 3.48. The van der Waals surface area contributed by atoms with E-state index < -0.39 is 0 Å². The van der Waals surface area contributed by atoms with Gasteiger partial charge in [-0.2, -0.15) is 0 Å². The van der Waals surface area contributed by atoms with Gasteiger partial charge in [0.05, 0.1) is 7.11 Å². The zero-order valence-electron chi connectivity index (χ0n) is 8.87. The van der Waals surface area contributed by atoms with Gasteiger partial charge in [-0.1, -0.05) is 15.9 Å². The van der Waals surface area contributed by atoms with Gasteiger partial charge >= 0.3 is 0 Å². The number of benzene rings is 1. The Bertz CT molecular complexity index is 353. The first-order valence-electron chi connectivity index (χ1n) is 5.28. The van der Waals surface area contributed by atoms with Crippen LogP contribution in [0.4, 0.5) is 0 Å². The molecule has 1 aliphatic carbocycles. The highest BCUT2D eigenvalue weighted by Crippen LogP contribution is 2.32. The van der Waals surface area contributed by atoms with Gasteiger partial charge in [0.1, 0.15) is 5.75 Å². The lowest BCUT2D eigenvalue weighted by Gasteiger charge is -2.33. The van der Waals surface area contributed by atoms with Gasteiger partial charge in [0.25, 0.3) is 0 Å². The van der Waals surface area contributed by atoms with E-state index in [4.69, 9.17) is 10.5 Å². The van der Waals surface area contributed by atoms with Crippen LogP contribution >= 0.6 is 15.9 Å². The minimum absolute atomic E-state index is 0.392. The second kappa shape index (κ2) is 4.54. The lowest BCUT2D eigenvalue weighted by Crippen LogP contribution is -2.40. The molecular weight excluding hydrogens is 254 g/mol. The fourth-order valence-electron chi connectivity index (χ4n) is 1.97. The molecule has 0 heterocycles. The highest BCUT2D eigenvalue weighted by Gasteiger charge is 2.27. The zero-order chi connectivity index (χ0) is 10.8. The third-order valence-corrected chi connectivity index (χ3v) is 3.98. The molecule has 0 spiro atoms. The van der Waals surface area contributed by atoms with Crippen molar-refractivity contribution < 1.29 is 4.74 Å². The highest BCUT2D eigenvalue weighted by molar-refractivity contribution is 9.10. The van der Waals surface area contributed by atoms with Gasteiger partial charge in [-0.05, 0) is 48.9 Å². The van der Waals surface area contributed by atoms with Crippen molar-refractivity contribution >= 4 is 15.9 Å². The molecule has 2 unspecified atom stereocenters. The topological polar surface area (TPSA) is 35.2 Å². The summed E-state index contributed by atoms with van der Waals surface area (Å²) in [7, 11) is 1.70. The Balaban J connectivity index is 2.12. The first kappa shape index (κ1) is 11.0. The lowest BCUT2D eigenvalue weighted by atomic mass is 9.76. The van der Waals surface area contributed by atoms with Crippen LogP contribution in [0.1, 0.15) is 18.4 Å². The summed E-state index contributed by atoms with van der Waals surface area (Å²) in [6, 6.07) is 6.49. The van der Waals surface area contributed by atoms with Crippen LogP contribution in [0.2, 0.25) is 0 Å². The zero-order valence-corrected chi connectivity index (χ0v) is 10.5. The molecule has 0 radical (unpaired) electrons. The number of hydrogen-bond acceptors (Lipinski definition) is 2. The Morgan fingerprint density at radius 1 is 1.47 bits per heavy atom. The molecule has 0 aromatic heterocycles. The standard InChI is InChI=1S/C12H16BrNO/c1-15-10-3-4-11(13)9(7-10)6-8-2-5-12(8)14/h3-4,7-8,12H,2,5-6,14H2,1H3. The second-order valence-electron chi connectivity index (χ2n) is 4.16. The second-order valence-corrected chi connectivity index (χ2v) is 5.02. The molecule has 2 atom stereocenters. The van der Waals surface area contributed by atoms with Crippen molar-refractivity contribution in [2.45, 2.75) is 25.3 Å². The minimum Gasteiger partial charge on any atom is -0.497 e. The predicted molar refractivity (Wildman–Crippen MR) is 65.1 cm³/mol. The van der Waals surface area contributed by atoms with Gasteiger partial charge in [0.15, 0.2) is 0 Å². The van der Waals surface area contributed by atoms with Gasteiger partial charge < -0.3 is 10.5 Å². The van der Waals surface area contributed by atoms with Gasteiger partial charge in [0.2, 0.25) is 0 Å². The molecule has 1 aromatic carbocycles. The predicted octanol–water partition coefficient (Wildman–Crippen LogP) is 2.74. The van der Waals surface area contributed by atoms with Gasteiger partial charge in [0, 0.05) is 10.5 Å². The first-order chi connectivity index (χ1) is 7.20. The molecule has 1 aliphatic rings. The maximum Gasteiger partial charge on any atom is 0.119 e. The molecule has 1 saturated carbocycles. The van der Waals surface area contributed by atoms with E-state index in [1.807, 2.05) is 12.1 Å². The van der Waals surface area contributed by atoms with E-state index in [2.05, 4.69) is 22.0 Å². The maximum absolute atomic E-state index is 5.94. The average molecular weight is 270 g/mol. The fourth-order valence-corrected chi connectivity index (χ4v) is 2.37. The maximum atomic E-state index is 5.94. The summed E-state index contributed by atoms with van der Waals surface area (Å²) in [5.74, 6) is 1.56. The minimum atomic E-state index is 0.392. The van der Waals surface area contributed by atoms with Crippen molar-refractivity contribution in [2.75, 3.05) is 7.11 Å². The van der Waals surface area contributed by atoms with Gasteiger partial charge in [-0.25, -0.2) is 0 Å². The Morgan fingerprint density at radius 3 is 2.80 bits per heavy atom. The van der Waals surface area contributed by atoms with Crippen LogP contribution in [0.3, 0.4) is 0 Å². The monoisotopic (exact) mass is 269 g/mol. The van der Waals surface area contributed by atoms with Crippen molar-refractivity contribution in [1.29, 1.82) is 0 Å². The van der Waals surface area contributed by atoms with Crippen LogP contribution < -0.4 is 10.5 Å². The molecule has 0 saturated heterocycles. The van der Waals surface area contributed by atoms with Crippen molar-refractivity contribution in [3.63, 3.8) is 0 Å². The largest absolute Gasteiger partial charge is 0.497 e. The van der Waals surface area contributed by atoms with Crippen LogP contribution in [-0.2, 0) is 6.42 Å². The number of hydrogen-bond donors (Lipinski definition) is 1. The van der Waals surface area contributed by atoms with E-state index in [9.17, 15) is 0 Å². The molecule has 2 N–H and O–H groups in total. The summed E-state index contributed by atoms with van der Waals surface area (Å²) < 4.78 is 6.37. The smallest absolute Gasteiger partial charge is 0.119 e. The lowest BCUT2D eigenvalue weighted by molar-refractivity contribution is 0.255. The third-order valence-electron chi connectivity index (χ3n) is 3.21. The normalized spacial score (nSPS) is 24.7. The summed E-state index contributed by atoms with van der Waals surface area (Å²) in [6.45, 7) is 0. The Hall–Kier alpha value is -0.540. The number of rotatable bonds is 3. The van der Waals surface area contributed by atoms with Crippen LogP contribution in [0.15, 0.2) is 22.7 Å². The number of methoxy groups -OCH3 is 1. The number of nitrogens with two attached hydrogens (primary N) is 1. The molecule has 0 aliphatic heterocycles. The van der Waals surface area contributed by atoms with E-state index >= 15 is 0 Å². The average Bonchev–Trinajstić information content (AvgIpc) is 2.26. The van der Waals surface area contributed by atoms with E-state index in [1.165, 1.54) is 18.4 Å². The van der Waals surface area contributed by atoms with E-state index in [0.717, 1.165) is 16.6 Å². The molecule has 15 heavy (non-hydrogen) atoms. The Morgan fingerprint density at radius 2 is 2.27 bits per heavy atom. The molecule has 1 fully saturated rings. The molecule has 0 amide bonds. The fraction of sp³-hybridized carbons (Fsp3) is 0.500. The Labute approximate surface area is 98.9 Å². The van der Waals surface area contributed by atoms with E-state index in [0.29, 0.717) is 12.0 Å². The van der Waals surface area contributed by atoms with E-state index in [-0.39, 0.29) is 0 Å². The van der Waals surface area contributed by atoms with Crippen molar-refractivity contribution in [3.8, 4) is 5.75 Å². The van der Waals surface area contributed by atoms with Crippen LogP contribution in [0.5, 0.6) is 5.75 Å². The summed E-state index contributed by atoms with van der Waals surface area (Å²) >= 11 is 3.56. The quantitative estimate of drug-likeness (QED) is 0.916. The molecular formula is C12H16BrNO. The van der Waals surface area contributed by atoms with Crippen LogP contribution in [0.25, 0.3) is 0 Å². The molecule has 0 bridgehead atoms. The number of halogens is 1. The van der Waals surface area contributed by atoms with Gasteiger partial charge in [-0.3, -0.25) is 0 Å². The Kier molecular flexibility index (Phi) is 3.32. The molecule has 1 aromatic rings. The van der Waals surface area contributed by atoms with Crippen molar-refractivity contribution in [2.24, 2.45) is 11.7 Å². The van der Waals surface area contributed by atoms with E-state index in [1.54, 1.807) is 7.11 Å². The summed E-state index contributed by atoms with van der Waals surface area (Å²) in [5.41, 5.74) is 7.25. The highest BCUT2D eigenvalue weighted by atomic mass is 79.9. The first-order valence-corrected chi connectivity index (χ1v) is 6.08. The molecule has 2 nitrogen and oxygen atoms in total. The van der Waals surface area contributed by atoms with Crippen molar-refractivity contribution in [1.82, 2.24) is 0 Å². The summed E-state index contributed by atoms with van der Waals surface area (Å²) in [5, 5.41) is 0. The van der Waals surface area contributed by atoms with Crippen LogP contribution in [-0.4, -0.2) is 13.2 Å². The number of ether oxygens (including phenoxy) is 1.